The molecule has 0 aromatic rings. The molecule has 3 aliphatic rings. The van der Waals surface area contributed by atoms with Gasteiger partial charge in [-0.3, -0.25) is 9.69 Å². The molecule has 0 aromatic carbocycles. The molecule has 108 valence electrons. The minimum Gasteiger partial charge on any atom is -0.481 e. The van der Waals surface area contributed by atoms with Crippen LogP contribution in [-0.2, 0) is 4.79 Å². The summed E-state index contributed by atoms with van der Waals surface area (Å²) in [5, 5.41) is 9.58. The van der Waals surface area contributed by atoms with Gasteiger partial charge in [0, 0.05) is 12.1 Å². The van der Waals surface area contributed by atoms with E-state index in [1.54, 1.807) is 0 Å². The number of nitrogens with zero attached hydrogens (tertiary/aromatic N) is 1. The fourth-order valence-electron chi connectivity index (χ4n) is 4.88. The molecule has 1 aliphatic heterocycles. The van der Waals surface area contributed by atoms with E-state index in [0.29, 0.717) is 12.1 Å². The fraction of sp³-hybridized carbons (Fsp3) is 0.938. The Balaban J connectivity index is 1.78. The van der Waals surface area contributed by atoms with Crippen molar-refractivity contribution < 1.29 is 9.90 Å². The van der Waals surface area contributed by atoms with E-state index in [4.69, 9.17) is 0 Å². The highest BCUT2D eigenvalue weighted by molar-refractivity contribution is 5.71. The van der Waals surface area contributed by atoms with E-state index in [0.717, 1.165) is 31.7 Å². The van der Waals surface area contributed by atoms with Crippen molar-refractivity contribution in [3.8, 4) is 0 Å². The number of carboxylic acids is 1. The van der Waals surface area contributed by atoms with Crippen LogP contribution in [0.2, 0.25) is 0 Å². The minimum atomic E-state index is -0.549. The molecule has 0 amide bonds. The van der Waals surface area contributed by atoms with Gasteiger partial charge in [-0.05, 0) is 51.0 Å². The van der Waals surface area contributed by atoms with Crippen molar-refractivity contribution in [1.82, 2.24) is 4.90 Å². The van der Waals surface area contributed by atoms with Crippen LogP contribution < -0.4 is 0 Å². The van der Waals surface area contributed by atoms with Gasteiger partial charge in [-0.15, -0.1) is 0 Å². The molecule has 3 rings (SSSR count). The second-order valence-corrected chi connectivity index (χ2v) is 6.79. The van der Waals surface area contributed by atoms with Gasteiger partial charge in [0.05, 0.1) is 5.92 Å². The Morgan fingerprint density at radius 3 is 2.42 bits per heavy atom. The number of carbonyl (C=O) groups is 1. The molecule has 4 unspecified atom stereocenters. The first-order valence-corrected chi connectivity index (χ1v) is 8.26. The van der Waals surface area contributed by atoms with Gasteiger partial charge in [-0.2, -0.15) is 0 Å². The van der Waals surface area contributed by atoms with Gasteiger partial charge in [-0.25, -0.2) is 0 Å². The van der Waals surface area contributed by atoms with Crippen molar-refractivity contribution in [1.29, 1.82) is 0 Å². The van der Waals surface area contributed by atoms with Crippen molar-refractivity contribution in [2.45, 2.75) is 76.3 Å². The Morgan fingerprint density at radius 2 is 1.58 bits per heavy atom. The van der Waals surface area contributed by atoms with Crippen molar-refractivity contribution in [2.75, 3.05) is 6.54 Å². The third kappa shape index (κ3) is 2.67. The maximum absolute atomic E-state index is 11.6. The van der Waals surface area contributed by atoms with Crippen LogP contribution in [0.1, 0.15) is 64.2 Å². The molecule has 0 aromatic heterocycles. The second kappa shape index (κ2) is 5.82. The molecule has 0 bridgehead atoms. The Kier molecular flexibility index (Phi) is 4.11. The lowest BCUT2D eigenvalue weighted by atomic mass is 9.86. The summed E-state index contributed by atoms with van der Waals surface area (Å²) >= 11 is 0. The van der Waals surface area contributed by atoms with Crippen LogP contribution in [-0.4, -0.2) is 34.6 Å². The number of fused-ring (bicyclic) bond motifs is 1. The Labute approximate surface area is 116 Å². The highest BCUT2D eigenvalue weighted by atomic mass is 16.4. The zero-order valence-corrected chi connectivity index (χ0v) is 11.9. The number of hydrogen-bond donors (Lipinski definition) is 1. The van der Waals surface area contributed by atoms with Crippen molar-refractivity contribution >= 4 is 5.97 Å². The summed E-state index contributed by atoms with van der Waals surface area (Å²) in [7, 11) is 0. The van der Waals surface area contributed by atoms with Crippen molar-refractivity contribution in [3.05, 3.63) is 0 Å². The predicted molar refractivity (Wildman–Crippen MR) is 75.1 cm³/mol. The van der Waals surface area contributed by atoms with Crippen LogP contribution in [0, 0.1) is 11.8 Å². The van der Waals surface area contributed by atoms with E-state index in [1.807, 2.05) is 0 Å². The van der Waals surface area contributed by atoms with Crippen molar-refractivity contribution in [3.63, 3.8) is 0 Å². The first-order chi connectivity index (χ1) is 9.27. The van der Waals surface area contributed by atoms with E-state index in [1.165, 1.54) is 44.9 Å². The third-order valence-corrected chi connectivity index (χ3v) is 5.76. The second-order valence-electron chi connectivity index (χ2n) is 6.79. The third-order valence-electron chi connectivity index (χ3n) is 5.76. The minimum absolute atomic E-state index is 0.109. The highest BCUT2D eigenvalue weighted by Gasteiger charge is 2.42. The Hall–Kier alpha value is -0.570. The molecule has 3 fully saturated rings. The fourth-order valence-corrected chi connectivity index (χ4v) is 4.88. The molecule has 4 atom stereocenters. The molecule has 2 saturated carbocycles. The van der Waals surface area contributed by atoms with Gasteiger partial charge in [0.15, 0.2) is 0 Å². The average molecular weight is 265 g/mol. The van der Waals surface area contributed by atoms with E-state index in [9.17, 15) is 9.90 Å². The van der Waals surface area contributed by atoms with E-state index >= 15 is 0 Å². The first kappa shape index (κ1) is 13.4. The molecule has 19 heavy (non-hydrogen) atoms. The molecule has 1 N–H and O–H groups in total. The molecule has 1 heterocycles. The number of likely N-dealkylation sites (tertiary alicyclic amines) is 1. The van der Waals surface area contributed by atoms with Crippen LogP contribution in [0.15, 0.2) is 0 Å². The molecular weight excluding hydrogens is 238 g/mol. The highest BCUT2D eigenvalue weighted by Crippen LogP contribution is 2.40. The summed E-state index contributed by atoms with van der Waals surface area (Å²) in [6.07, 6.45) is 12.3. The molecule has 3 heteroatoms. The van der Waals surface area contributed by atoms with Gasteiger partial charge >= 0.3 is 5.97 Å². The smallest absolute Gasteiger partial charge is 0.308 e. The number of aliphatic carboxylic acids is 1. The van der Waals surface area contributed by atoms with E-state index in [-0.39, 0.29) is 5.92 Å². The summed E-state index contributed by atoms with van der Waals surface area (Å²) in [6, 6.07) is 1.03. The van der Waals surface area contributed by atoms with Gasteiger partial charge in [-0.1, -0.05) is 25.7 Å². The SMILES string of the molecule is O=C(O)C1CCCCCC1N1CCCC2CCCC21. The van der Waals surface area contributed by atoms with Crippen LogP contribution in [0.5, 0.6) is 0 Å². The maximum atomic E-state index is 11.6. The Morgan fingerprint density at radius 1 is 0.842 bits per heavy atom. The normalized spacial score (nSPS) is 40.6. The van der Waals surface area contributed by atoms with Crippen LogP contribution in [0.25, 0.3) is 0 Å². The van der Waals surface area contributed by atoms with Gasteiger partial charge in [0.1, 0.15) is 0 Å². The largest absolute Gasteiger partial charge is 0.481 e. The number of piperidine rings is 1. The van der Waals surface area contributed by atoms with E-state index in [2.05, 4.69) is 4.90 Å². The number of rotatable bonds is 2. The average Bonchev–Trinajstić information content (AvgIpc) is 2.74. The summed E-state index contributed by atoms with van der Waals surface area (Å²) in [5.41, 5.74) is 0. The number of hydrogen-bond acceptors (Lipinski definition) is 2. The van der Waals surface area contributed by atoms with Crippen LogP contribution in [0.3, 0.4) is 0 Å². The van der Waals surface area contributed by atoms with Gasteiger partial charge in [0.25, 0.3) is 0 Å². The molecule has 0 spiro atoms. The van der Waals surface area contributed by atoms with E-state index < -0.39 is 5.97 Å². The standard InChI is InChI=1S/C16H27NO2/c18-16(19)13-8-2-1-3-9-15(13)17-11-5-7-12-6-4-10-14(12)17/h12-15H,1-11H2,(H,18,19). The number of carboxylic acid groups (broad SMARTS) is 1. The monoisotopic (exact) mass is 265 g/mol. The van der Waals surface area contributed by atoms with Gasteiger partial charge in [0.2, 0.25) is 0 Å². The zero-order valence-electron chi connectivity index (χ0n) is 11.9. The molecular formula is C16H27NO2. The maximum Gasteiger partial charge on any atom is 0.308 e. The lowest BCUT2D eigenvalue weighted by molar-refractivity contribution is -0.145. The lowest BCUT2D eigenvalue weighted by Gasteiger charge is -2.44. The predicted octanol–water partition coefficient (Wildman–Crippen LogP) is 3.28. The summed E-state index contributed by atoms with van der Waals surface area (Å²) in [4.78, 5) is 14.3. The molecule has 1 saturated heterocycles. The lowest BCUT2D eigenvalue weighted by Crippen LogP contribution is -2.52. The molecule has 3 nitrogen and oxygen atoms in total. The van der Waals surface area contributed by atoms with Crippen molar-refractivity contribution in [2.24, 2.45) is 11.8 Å². The molecule has 2 aliphatic carbocycles. The van der Waals surface area contributed by atoms with Gasteiger partial charge < -0.3 is 5.11 Å². The summed E-state index contributed by atoms with van der Waals surface area (Å²) in [6.45, 7) is 1.15. The summed E-state index contributed by atoms with van der Waals surface area (Å²) < 4.78 is 0. The first-order valence-electron chi connectivity index (χ1n) is 8.26. The van der Waals surface area contributed by atoms with Crippen LogP contribution >= 0.6 is 0 Å². The Bertz CT molecular complexity index is 331. The zero-order chi connectivity index (χ0) is 13.2. The quantitative estimate of drug-likeness (QED) is 0.779. The molecule has 0 radical (unpaired) electrons. The van der Waals surface area contributed by atoms with Crippen LogP contribution in [0.4, 0.5) is 0 Å². The summed E-state index contributed by atoms with van der Waals surface area (Å²) in [5.74, 6) is 0.209. The topological polar surface area (TPSA) is 40.5 Å².